The molecule has 9 heteroatoms. The fourth-order valence-corrected chi connectivity index (χ4v) is 4.42. The lowest BCUT2D eigenvalue weighted by Gasteiger charge is -2.09. The highest BCUT2D eigenvalue weighted by Gasteiger charge is 2.20. The zero-order valence-electron chi connectivity index (χ0n) is 12.7. The van der Waals surface area contributed by atoms with Crippen LogP contribution >= 0.6 is 23.1 Å². The molecular formula is C14H16N6OS2. The van der Waals surface area contributed by atoms with E-state index in [0.29, 0.717) is 6.54 Å². The van der Waals surface area contributed by atoms with E-state index >= 15 is 0 Å². The van der Waals surface area contributed by atoms with E-state index < -0.39 is 0 Å². The molecular weight excluding hydrogens is 332 g/mol. The van der Waals surface area contributed by atoms with Crippen LogP contribution in [-0.4, -0.2) is 42.9 Å². The molecule has 0 amide bonds. The van der Waals surface area contributed by atoms with Gasteiger partial charge in [-0.15, -0.1) is 16.4 Å². The standard InChI is InChI=1S/C14H16N6OS2/c1-2-10-6-11-12(22-10)15-8-16-13(11)23-14-17-18-19-20(14)7-9-4-3-5-21-9/h6,8-9H,2-5,7H2,1H3. The van der Waals surface area contributed by atoms with Crippen LogP contribution in [0.5, 0.6) is 0 Å². The summed E-state index contributed by atoms with van der Waals surface area (Å²) >= 11 is 3.20. The Morgan fingerprint density at radius 2 is 2.39 bits per heavy atom. The molecule has 0 spiro atoms. The van der Waals surface area contributed by atoms with Crippen LogP contribution < -0.4 is 0 Å². The van der Waals surface area contributed by atoms with Gasteiger partial charge in [0, 0.05) is 16.9 Å². The zero-order valence-corrected chi connectivity index (χ0v) is 14.3. The van der Waals surface area contributed by atoms with Gasteiger partial charge in [-0.2, -0.15) is 0 Å². The summed E-state index contributed by atoms with van der Waals surface area (Å²) in [5, 5.41) is 14.8. The zero-order chi connectivity index (χ0) is 15.6. The van der Waals surface area contributed by atoms with Crippen LogP contribution in [0.3, 0.4) is 0 Å². The summed E-state index contributed by atoms with van der Waals surface area (Å²) in [6.45, 7) is 3.66. The number of ether oxygens (including phenoxy) is 1. The van der Waals surface area contributed by atoms with Crippen molar-refractivity contribution in [3.63, 3.8) is 0 Å². The number of rotatable bonds is 5. The van der Waals surface area contributed by atoms with Gasteiger partial charge < -0.3 is 4.74 Å². The van der Waals surface area contributed by atoms with Crippen molar-refractivity contribution in [2.45, 2.75) is 49.0 Å². The van der Waals surface area contributed by atoms with E-state index in [1.165, 1.54) is 16.6 Å². The van der Waals surface area contributed by atoms with Crippen LogP contribution in [0.2, 0.25) is 0 Å². The SMILES string of the molecule is CCc1cc2c(Sc3nnnn3CC3CCCO3)ncnc2s1. The highest BCUT2D eigenvalue weighted by Crippen LogP contribution is 2.33. The highest BCUT2D eigenvalue weighted by atomic mass is 32.2. The van der Waals surface area contributed by atoms with Crippen LogP contribution in [0.25, 0.3) is 10.2 Å². The van der Waals surface area contributed by atoms with E-state index in [9.17, 15) is 0 Å². The Balaban J connectivity index is 1.61. The Morgan fingerprint density at radius 1 is 1.43 bits per heavy atom. The van der Waals surface area contributed by atoms with Gasteiger partial charge in [-0.25, -0.2) is 14.6 Å². The minimum Gasteiger partial charge on any atom is -0.376 e. The van der Waals surface area contributed by atoms with Crippen molar-refractivity contribution in [1.29, 1.82) is 0 Å². The van der Waals surface area contributed by atoms with E-state index in [2.05, 4.69) is 38.5 Å². The molecule has 0 aromatic carbocycles. The molecule has 4 heterocycles. The molecule has 0 aliphatic carbocycles. The maximum absolute atomic E-state index is 5.67. The van der Waals surface area contributed by atoms with Gasteiger partial charge in [0.15, 0.2) is 0 Å². The van der Waals surface area contributed by atoms with Gasteiger partial charge in [0.25, 0.3) is 0 Å². The lowest BCUT2D eigenvalue weighted by atomic mass is 10.2. The topological polar surface area (TPSA) is 78.6 Å². The van der Waals surface area contributed by atoms with E-state index in [0.717, 1.165) is 46.3 Å². The summed E-state index contributed by atoms with van der Waals surface area (Å²) in [6.07, 6.45) is 4.98. The summed E-state index contributed by atoms with van der Waals surface area (Å²) in [7, 11) is 0. The third kappa shape index (κ3) is 3.08. The van der Waals surface area contributed by atoms with Crippen LogP contribution in [-0.2, 0) is 17.7 Å². The lowest BCUT2D eigenvalue weighted by Crippen LogP contribution is -2.16. The second-order valence-electron chi connectivity index (χ2n) is 5.34. The second kappa shape index (κ2) is 6.50. The van der Waals surface area contributed by atoms with Crippen molar-refractivity contribution in [2.75, 3.05) is 6.61 Å². The first kappa shape index (κ1) is 15.0. The van der Waals surface area contributed by atoms with Crippen molar-refractivity contribution in [3.8, 4) is 0 Å². The number of fused-ring (bicyclic) bond motifs is 1. The first-order valence-electron chi connectivity index (χ1n) is 7.62. The van der Waals surface area contributed by atoms with Crippen molar-refractivity contribution in [1.82, 2.24) is 30.2 Å². The Labute approximate surface area is 141 Å². The predicted molar refractivity (Wildman–Crippen MR) is 87.7 cm³/mol. The molecule has 1 aliphatic heterocycles. The number of aromatic nitrogens is 6. The number of thiophene rings is 1. The second-order valence-corrected chi connectivity index (χ2v) is 7.42. The Morgan fingerprint density at radius 3 is 3.22 bits per heavy atom. The summed E-state index contributed by atoms with van der Waals surface area (Å²) in [5.74, 6) is 0. The fourth-order valence-electron chi connectivity index (χ4n) is 2.59. The maximum Gasteiger partial charge on any atom is 0.215 e. The maximum atomic E-state index is 5.67. The molecule has 0 saturated carbocycles. The van der Waals surface area contributed by atoms with Crippen molar-refractivity contribution < 1.29 is 4.74 Å². The summed E-state index contributed by atoms with van der Waals surface area (Å²) in [5.41, 5.74) is 0. The minimum atomic E-state index is 0.205. The molecule has 1 atom stereocenters. The van der Waals surface area contributed by atoms with Crippen molar-refractivity contribution in [2.24, 2.45) is 0 Å². The van der Waals surface area contributed by atoms with Gasteiger partial charge in [-0.3, -0.25) is 0 Å². The van der Waals surface area contributed by atoms with E-state index in [4.69, 9.17) is 4.74 Å². The van der Waals surface area contributed by atoms with Gasteiger partial charge in [0.05, 0.1) is 12.6 Å². The number of tetrazole rings is 1. The van der Waals surface area contributed by atoms with Gasteiger partial charge in [-0.05, 0) is 47.5 Å². The lowest BCUT2D eigenvalue weighted by molar-refractivity contribution is 0.0912. The smallest absolute Gasteiger partial charge is 0.215 e. The number of hydrogen-bond donors (Lipinski definition) is 0. The van der Waals surface area contributed by atoms with Crippen LogP contribution in [0.4, 0.5) is 0 Å². The van der Waals surface area contributed by atoms with Crippen molar-refractivity contribution in [3.05, 3.63) is 17.3 Å². The van der Waals surface area contributed by atoms with E-state index in [1.807, 2.05) is 4.68 Å². The fraction of sp³-hybridized carbons (Fsp3) is 0.500. The Kier molecular flexibility index (Phi) is 4.23. The first-order valence-corrected chi connectivity index (χ1v) is 9.26. The van der Waals surface area contributed by atoms with Crippen LogP contribution in [0.15, 0.2) is 22.6 Å². The summed E-state index contributed by atoms with van der Waals surface area (Å²) in [4.78, 5) is 11.1. The number of aryl methyl sites for hydroxylation is 1. The van der Waals surface area contributed by atoms with E-state index in [-0.39, 0.29) is 6.10 Å². The van der Waals surface area contributed by atoms with Crippen LogP contribution in [0, 0.1) is 0 Å². The molecule has 1 aliphatic rings. The molecule has 0 N–H and O–H groups in total. The Bertz CT molecular complexity index is 811. The monoisotopic (exact) mass is 348 g/mol. The molecule has 7 nitrogen and oxygen atoms in total. The third-order valence-electron chi connectivity index (χ3n) is 3.78. The van der Waals surface area contributed by atoms with Gasteiger partial charge in [-0.1, -0.05) is 6.92 Å². The largest absolute Gasteiger partial charge is 0.376 e. The molecule has 1 unspecified atom stereocenters. The van der Waals surface area contributed by atoms with E-state index in [1.54, 1.807) is 17.7 Å². The molecule has 0 bridgehead atoms. The molecule has 3 aromatic rings. The van der Waals surface area contributed by atoms with Crippen LogP contribution in [0.1, 0.15) is 24.6 Å². The molecule has 4 rings (SSSR count). The predicted octanol–water partition coefficient (Wildman–Crippen LogP) is 2.57. The molecule has 3 aromatic heterocycles. The molecule has 0 radical (unpaired) electrons. The summed E-state index contributed by atoms with van der Waals surface area (Å²) in [6, 6.07) is 2.16. The molecule has 1 saturated heterocycles. The molecule has 1 fully saturated rings. The highest BCUT2D eigenvalue weighted by molar-refractivity contribution is 7.99. The number of hydrogen-bond acceptors (Lipinski definition) is 8. The third-order valence-corrected chi connectivity index (χ3v) is 5.96. The molecule has 120 valence electrons. The quantitative estimate of drug-likeness (QED) is 0.656. The minimum absolute atomic E-state index is 0.205. The average Bonchev–Trinajstić information content (AvgIpc) is 3.29. The van der Waals surface area contributed by atoms with Gasteiger partial charge >= 0.3 is 0 Å². The molecule has 23 heavy (non-hydrogen) atoms. The number of nitrogens with zero attached hydrogens (tertiary/aromatic N) is 6. The van der Waals surface area contributed by atoms with Crippen molar-refractivity contribution >= 4 is 33.3 Å². The average molecular weight is 348 g/mol. The summed E-state index contributed by atoms with van der Waals surface area (Å²) < 4.78 is 7.48. The van der Waals surface area contributed by atoms with Gasteiger partial charge in [0.2, 0.25) is 5.16 Å². The first-order chi connectivity index (χ1) is 11.3. The normalized spacial score (nSPS) is 18.0. The Hall–Kier alpha value is -1.58. The van der Waals surface area contributed by atoms with Gasteiger partial charge in [0.1, 0.15) is 16.2 Å².